The molecule has 0 bridgehead atoms. The molecular weight excluding hydrogens is 196 g/mol. The van der Waals surface area contributed by atoms with E-state index in [1.54, 1.807) is 11.1 Å². The van der Waals surface area contributed by atoms with E-state index in [2.05, 4.69) is 13.8 Å². The molecule has 0 spiro atoms. The summed E-state index contributed by atoms with van der Waals surface area (Å²) in [4.78, 5) is 0. The minimum Gasteiger partial charge on any atom is -0.390 e. The van der Waals surface area contributed by atoms with Crippen molar-refractivity contribution in [1.82, 2.24) is 0 Å². The Hall–Kier alpha value is -0.300. The lowest BCUT2D eigenvalue weighted by atomic mass is 9.81. The van der Waals surface area contributed by atoms with E-state index >= 15 is 0 Å². The topological polar surface area (TPSA) is 20.2 Å². The molecule has 0 radical (unpaired) electrons. The SMILES string of the molecule is CC1CC[C@@H](C(C)(C)O)CC2=C1CC[C@@H]2C. The van der Waals surface area contributed by atoms with E-state index in [9.17, 15) is 5.11 Å². The van der Waals surface area contributed by atoms with E-state index in [0.717, 1.165) is 18.3 Å². The molecule has 1 N–H and O–H groups in total. The fourth-order valence-electron chi connectivity index (χ4n) is 3.51. The van der Waals surface area contributed by atoms with Crippen molar-refractivity contribution in [1.29, 1.82) is 0 Å². The van der Waals surface area contributed by atoms with E-state index in [1.807, 2.05) is 13.8 Å². The fraction of sp³-hybridized carbons (Fsp3) is 0.867. The van der Waals surface area contributed by atoms with E-state index in [-0.39, 0.29) is 0 Å². The first-order valence-corrected chi connectivity index (χ1v) is 6.83. The van der Waals surface area contributed by atoms with E-state index in [4.69, 9.17) is 0 Å². The number of rotatable bonds is 1. The standard InChI is InChI=1S/C15H26O/c1-10-5-7-12(15(3,4)16)9-14-11(2)6-8-13(10)14/h10-12,16H,5-9H2,1-4H3/t10?,11-,12+/m0/s1. The lowest BCUT2D eigenvalue weighted by Gasteiger charge is -2.30. The van der Waals surface area contributed by atoms with Crippen LogP contribution in [0.2, 0.25) is 0 Å². The molecule has 0 aliphatic heterocycles. The second-order valence-electron chi connectivity index (χ2n) is 6.52. The molecule has 1 nitrogen and oxygen atoms in total. The zero-order valence-corrected chi connectivity index (χ0v) is 11.2. The van der Waals surface area contributed by atoms with E-state index in [1.165, 1.54) is 25.7 Å². The lowest BCUT2D eigenvalue weighted by Crippen LogP contribution is -2.31. The Kier molecular flexibility index (Phi) is 3.18. The van der Waals surface area contributed by atoms with Crippen LogP contribution in [0.15, 0.2) is 11.1 Å². The van der Waals surface area contributed by atoms with Crippen LogP contribution in [0.3, 0.4) is 0 Å². The molecule has 92 valence electrons. The molecule has 16 heavy (non-hydrogen) atoms. The molecule has 0 aromatic carbocycles. The Balaban J connectivity index is 2.23. The Morgan fingerprint density at radius 1 is 1.00 bits per heavy atom. The van der Waals surface area contributed by atoms with E-state index < -0.39 is 5.60 Å². The third-order valence-electron chi connectivity index (χ3n) is 4.86. The molecule has 0 amide bonds. The summed E-state index contributed by atoms with van der Waals surface area (Å²) in [7, 11) is 0. The maximum Gasteiger partial charge on any atom is 0.0622 e. The van der Waals surface area contributed by atoms with Gasteiger partial charge in [0.25, 0.3) is 0 Å². The van der Waals surface area contributed by atoms with Gasteiger partial charge in [-0.05, 0) is 63.7 Å². The molecule has 1 unspecified atom stereocenters. The fourth-order valence-corrected chi connectivity index (χ4v) is 3.51. The van der Waals surface area contributed by atoms with Gasteiger partial charge in [0.2, 0.25) is 0 Å². The Bertz CT molecular complexity index is 295. The minimum atomic E-state index is -0.509. The molecule has 0 saturated heterocycles. The van der Waals surface area contributed by atoms with Crippen LogP contribution in [0, 0.1) is 17.8 Å². The number of hydrogen-bond acceptors (Lipinski definition) is 1. The maximum atomic E-state index is 10.2. The van der Waals surface area contributed by atoms with Crippen molar-refractivity contribution in [3.8, 4) is 0 Å². The quantitative estimate of drug-likeness (QED) is 0.667. The van der Waals surface area contributed by atoms with Crippen LogP contribution in [0.1, 0.15) is 59.8 Å². The monoisotopic (exact) mass is 222 g/mol. The second-order valence-corrected chi connectivity index (χ2v) is 6.52. The molecular formula is C15H26O. The van der Waals surface area contributed by atoms with Gasteiger partial charge in [-0.1, -0.05) is 25.0 Å². The largest absolute Gasteiger partial charge is 0.390 e. The zero-order valence-electron chi connectivity index (χ0n) is 11.2. The zero-order chi connectivity index (χ0) is 11.9. The van der Waals surface area contributed by atoms with Crippen molar-refractivity contribution in [3.05, 3.63) is 11.1 Å². The van der Waals surface area contributed by atoms with Crippen LogP contribution in [0.4, 0.5) is 0 Å². The molecule has 0 heterocycles. The second kappa shape index (κ2) is 4.18. The van der Waals surface area contributed by atoms with Crippen LogP contribution in [0.5, 0.6) is 0 Å². The van der Waals surface area contributed by atoms with Crippen molar-refractivity contribution in [2.45, 2.75) is 65.4 Å². The van der Waals surface area contributed by atoms with Crippen molar-refractivity contribution >= 4 is 0 Å². The van der Waals surface area contributed by atoms with Gasteiger partial charge < -0.3 is 5.11 Å². The molecule has 2 aliphatic carbocycles. The van der Waals surface area contributed by atoms with E-state index in [0.29, 0.717) is 5.92 Å². The highest BCUT2D eigenvalue weighted by Crippen LogP contribution is 2.45. The third kappa shape index (κ3) is 2.20. The predicted molar refractivity (Wildman–Crippen MR) is 68.2 cm³/mol. The van der Waals surface area contributed by atoms with Crippen molar-refractivity contribution < 1.29 is 5.11 Å². The first-order chi connectivity index (χ1) is 7.39. The number of hydrogen-bond donors (Lipinski definition) is 1. The van der Waals surface area contributed by atoms with Gasteiger partial charge in [0.05, 0.1) is 5.60 Å². The summed E-state index contributed by atoms with van der Waals surface area (Å²) in [6, 6.07) is 0. The lowest BCUT2D eigenvalue weighted by molar-refractivity contribution is 0.0119. The Morgan fingerprint density at radius 3 is 2.25 bits per heavy atom. The highest BCUT2D eigenvalue weighted by molar-refractivity contribution is 5.26. The van der Waals surface area contributed by atoms with Gasteiger partial charge in [0.15, 0.2) is 0 Å². The average Bonchev–Trinajstić information content (AvgIpc) is 2.42. The summed E-state index contributed by atoms with van der Waals surface area (Å²) >= 11 is 0. The molecule has 0 aromatic rings. The molecule has 0 aromatic heterocycles. The smallest absolute Gasteiger partial charge is 0.0622 e. The predicted octanol–water partition coefficient (Wildman–Crippen LogP) is 3.92. The molecule has 3 atom stereocenters. The van der Waals surface area contributed by atoms with Crippen molar-refractivity contribution in [2.24, 2.45) is 17.8 Å². The summed E-state index contributed by atoms with van der Waals surface area (Å²) < 4.78 is 0. The Labute approximate surface area is 99.9 Å². The number of aliphatic hydroxyl groups is 1. The maximum absolute atomic E-state index is 10.2. The first-order valence-electron chi connectivity index (χ1n) is 6.83. The first kappa shape index (κ1) is 12.2. The van der Waals surface area contributed by atoms with Gasteiger partial charge in [0, 0.05) is 0 Å². The van der Waals surface area contributed by atoms with Crippen molar-refractivity contribution in [2.75, 3.05) is 0 Å². The minimum absolute atomic E-state index is 0.461. The van der Waals surface area contributed by atoms with Crippen molar-refractivity contribution in [3.63, 3.8) is 0 Å². The van der Waals surface area contributed by atoms with Crippen LogP contribution in [0.25, 0.3) is 0 Å². The van der Waals surface area contributed by atoms with Crippen LogP contribution < -0.4 is 0 Å². The number of allylic oxidation sites excluding steroid dienone is 2. The molecule has 0 fully saturated rings. The van der Waals surface area contributed by atoms with Gasteiger partial charge in [-0.2, -0.15) is 0 Å². The van der Waals surface area contributed by atoms with Gasteiger partial charge in [-0.15, -0.1) is 0 Å². The van der Waals surface area contributed by atoms with Crippen LogP contribution in [-0.2, 0) is 0 Å². The third-order valence-corrected chi connectivity index (χ3v) is 4.86. The summed E-state index contributed by atoms with van der Waals surface area (Å²) in [5, 5.41) is 10.2. The van der Waals surface area contributed by atoms with Gasteiger partial charge >= 0.3 is 0 Å². The summed E-state index contributed by atoms with van der Waals surface area (Å²) in [5.41, 5.74) is 2.92. The van der Waals surface area contributed by atoms with Crippen LogP contribution in [-0.4, -0.2) is 10.7 Å². The molecule has 2 rings (SSSR count). The highest BCUT2D eigenvalue weighted by atomic mass is 16.3. The summed E-state index contributed by atoms with van der Waals surface area (Å²) in [6.45, 7) is 8.70. The average molecular weight is 222 g/mol. The highest BCUT2D eigenvalue weighted by Gasteiger charge is 2.35. The van der Waals surface area contributed by atoms with Gasteiger partial charge in [0.1, 0.15) is 0 Å². The van der Waals surface area contributed by atoms with Gasteiger partial charge in [-0.3, -0.25) is 0 Å². The normalized spacial score (nSPS) is 36.2. The van der Waals surface area contributed by atoms with Crippen LogP contribution >= 0.6 is 0 Å². The summed E-state index contributed by atoms with van der Waals surface area (Å²) in [6.07, 6.45) is 6.25. The summed E-state index contributed by atoms with van der Waals surface area (Å²) in [5.74, 6) is 1.98. The van der Waals surface area contributed by atoms with Gasteiger partial charge in [-0.25, -0.2) is 0 Å². The molecule has 2 aliphatic rings. The molecule has 0 saturated carbocycles. The Morgan fingerprint density at radius 2 is 1.62 bits per heavy atom. The molecule has 1 heteroatoms.